The first-order valence-corrected chi connectivity index (χ1v) is 5.50. The molecule has 0 aliphatic heterocycles. The third-order valence-corrected chi connectivity index (χ3v) is 2.46. The Bertz CT molecular complexity index is 595. The van der Waals surface area contributed by atoms with Gasteiger partial charge in [-0.1, -0.05) is 0 Å². The average Bonchev–Trinajstić information content (AvgIpc) is 2.81. The molecule has 2 heterocycles. The first kappa shape index (κ1) is 12.7. The summed E-state index contributed by atoms with van der Waals surface area (Å²) < 4.78 is 1.66. The summed E-state index contributed by atoms with van der Waals surface area (Å²) in [6, 6.07) is 0. The summed E-state index contributed by atoms with van der Waals surface area (Å²) in [7, 11) is 3.37. The molecule has 9 heteroatoms. The second-order valence-electron chi connectivity index (χ2n) is 3.80. The van der Waals surface area contributed by atoms with Crippen LogP contribution in [-0.2, 0) is 13.6 Å². The highest BCUT2D eigenvalue weighted by atomic mass is 16.6. The van der Waals surface area contributed by atoms with Crippen molar-refractivity contribution in [1.82, 2.24) is 19.7 Å². The number of aromatic nitrogens is 4. The predicted molar refractivity (Wildman–Crippen MR) is 68.8 cm³/mol. The number of hydrogen-bond acceptors (Lipinski definition) is 7. The lowest BCUT2D eigenvalue weighted by molar-refractivity contribution is -0.383. The molecule has 2 rings (SSSR count). The smallest absolute Gasteiger partial charge is 0.353 e. The number of rotatable bonds is 5. The normalized spacial score (nSPS) is 10.2. The second kappa shape index (κ2) is 5.29. The lowest BCUT2D eigenvalue weighted by Gasteiger charge is -2.07. The Labute approximate surface area is 108 Å². The molecule has 2 aromatic heterocycles. The zero-order valence-electron chi connectivity index (χ0n) is 10.5. The van der Waals surface area contributed by atoms with Gasteiger partial charge >= 0.3 is 5.69 Å². The van der Waals surface area contributed by atoms with E-state index in [-0.39, 0.29) is 17.3 Å². The topological polar surface area (TPSA) is 111 Å². The van der Waals surface area contributed by atoms with Gasteiger partial charge in [-0.25, -0.2) is 9.97 Å². The van der Waals surface area contributed by atoms with E-state index in [2.05, 4.69) is 25.7 Å². The first-order chi connectivity index (χ1) is 9.11. The fourth-order valence-electron chi connectivity index (χ4n) is 1.61. The zero-order valence-corrected chi connectivity index (χ0v) is 10.5. The van der Waals surface area contributed by atoms with Crippen molar-refractivity contribution < 1.29 is 4.92 Å². The Kier molecular flexibility index (Phi) is 3.55. The number of anilines is 2. The summed E-state index contributed by atoms with van der Waals surface area (Å²) >= 11 is 0. The van der Waals surface area contributed by atoms with E-state index in [0.717, 1.165) is 5.56 Å². The summed E-state index contributed by atoms with van der Waals surface area (Å²) in [5.74, 6) is 0.349. The molecule has 0 saturated heterocycles. The van der Waals surface area contributed by atoms with Gasteiger partial charge in [0.2, 0.25) is 11.6 Å². The molecule has 0 saturated carbocycles. The van der Waals surface area contributed by atoms with E-state index >= 15 is 0 Å². The van der Waals surface area contributed by atoms with Gasteiger partial charge in [-0.2, -0.15) is 5.10 Å². The van der Waals surface area contributed by atoms with Gasteiger partial charge in [-0.05, 0) is 0 Å². The lowest BCUT2D eigenvalue weighted by Crippen LogP contribution is -2.07. The molecule has 100 valence electrons. The Hall–Kier alpha value is -2.71. The maximum absolute atomic E-state index is 11.0. The molecule has 0 aliphatic carbocycles. The molecule has 0 aromatic carbocycles. The Balaban J connectivity index is 2.22. The van der Waals surface area contributed by atoms with Gasteiger partial charge in [0.15, 0.2) is 0 Å². The van der Waals surface area contributed by atoms with Crippen LogP contribution in [-0.4, -0.2) is 31.7 Å². The Morgan fingerprint density at radius 1 is 1.42 bits per heavy atom. The summed E-state index contributed by atoms with van der Waals surface area (Å²) in [6.45, 7) is 0.398. The minimum absolute atomic E-state index is 0.172. The van der Waals surface area contributed by atoms with Crippen LogP contribution in [0.5, 0.6) is 0 Å². The van der Waals surface area contributed by atoms with Crippen molar-refractivity contribution >= 4 is 17.3 Å². The van der Waals surface area contributed by atoms with E-state index in [1.54, 1.807) is 25.0 Å². The van der Waals surface area contributed by atoms with Crippen LogP contribution in [0.25, 0.3) is 0 Å². The van der Waals surface area contributed by atoms with Gasteiger partial charge in [0.25, 0.3) is 0 Å². The molecule has 0 aliphatic rings. The molecule has 0 fully saturated rings. The molecule has 2 aromatic rings. The third-order valence-electron chi connectivity index (χ3n) is 2.46. The van der Waals surface area contributed by atoms with Crippen LogP contribution in [0.3, 0.4) is 0 Å². The fourth-order valence-corrected chi connectivity index (χ4v) is 1.61. The number of hydrogen-bond donors (Lipinski definition) is 2. The van der Waals surface area contributed by atoms with Gasteiger partial charge < -0.3 is 10.6 Å². The maximum Gasteiger partial charge on any atom is 0.353 e. The number of nitrogens with zero attached hydrogens (tertiary/aromatic N) is 5. The molecule has 0 bridgehead atoms. The van der Waals surface area contributed by atoms with E-state index in [0.29, 0.717) is 6.54 Å². The van der Waals surface area contributed by atoms with E-state index in [4.69, 9.17) is 0 Å². The van der Waals surface area contributed by atoms with Crippen LogP contribution < -0.4 is 10.6 Å². The molecule has 0 atom stereocenters. The van der Waals surface area contributed by atoms with Gasteiger partial charge in [0, 0.05) is 32.4 Å². The molecule has 19 heavy (non-hydrogen) atoms. The predicted octanol–water partition coefficient (Wildman–Crippen LogP) is 0.772. The van der Waals surface area contributed by atoms with Crippen LogP contribution in [0.1, 0.15) is 5.56 Å². The quantitative estimate of drug-likeness (QED) is 0.605. The molecule has 0 unspecified atom stereocenters. The summed E-state index contributed by atoms with van der Waals surface area (Å²) in [5.41, 5.74) is 0.732. The lowest BCUT2D eigenvalue weighted by atomic mass is 10.3. The maximum atomic E-state index is 11.0. The Morgan fingerprint density at radius 2 is 2.16 bits per heavy atom. The standard InChI is InChI=1S/C10H13N7O2/c1-11-9-8(17(18)19)10(14-6-13-9)12-3-7-4-15-16(2)5-7/h4-6H,3H2,1-2H3,(H2,11,12,13,14). The van der Waals surface area contributed by atoms with Crippen LogP contribution >= 0.6 is 0 Å². The zero-order chi connectivity index (χ0) is 13.8. The van der Waals surface area contributed by atoms with Crippen LogP contribution in [0.4, 0.5) is 17.3 Å². The van der Waals surface area contributed by atoms with Gasteiger partial charge in [0.05, 0.1) is 11.1 Å². The largest absolute Gasteiger partial charge is 0.367 e. The van der Waals surface area contributed by atoms with Crippen molar-refractivity contribution in [3.63, 3.8) is 0 Å². The average molecular weight is 263 g/mol. The van der Waals surface area contributed by atoms with Gasteiger partial charge in [-0.15, -0.1) is 0 Å². The molecular formula is C10H13N7O2. The fraction of sp³-hybridized carbons (Fsp3) is 0.300. The van der Waals surface area contributed by atoms with Gasteiger partial charge in [0.1, 0.15) is 6.33 Å². The van der Waals surface area contributed by atoms with E-state index in [1.165, 1.54) is 6.33 Å². The van der Waals surface area contributed by atoms with Crippen LogP contribution in [0.2, 0.25) is 0 Å². The SMILES string of the molecule is CNc1ncnc(NCc2cnn(C)c2)c1[N+](=O)[O-]. The summed E-state index contributed by atoms with van der Waals surface area (Å²) in [4.78, 5) is 18.2. The van der Waals surface area contributed by atoms with E-state index in [1.807, 2.05) is 6.20 Å². The molecular weight excluding hydrogens is 250 g/mol. The number of aryl methyl sites for hydroxylation is 1. The van der Waals surface area contributed by atoms with Crippen molar-refractivity contribution in [2.24, 2.45) is 7.05 Å². The highest BCUT2D eigenvalue weighted by Gasteiger charge is 2.21. The highest BCUT2D eigenvalue weighted by Crippen LogP contribution is 2.28. The van der Waals surface area contributed by atoms with Crippen LogP contribution in [0, 0.1) is 10.1 Å². The van der Waals surface area contributed by atoms with E-state index < -0.39 is 4.92 Å². The van der Waals surface area contributed by atoms with Crippen molar-refractivity contribution in [3.05, 3.63) is 34.4 Å². The summed E-state index contributed by atoms with van der Waals surface area (Å²) in [5, 5.41) is 20.6. The number of nitro groups is 1. The molecule has 2 N–H and O–H groups in total. The Morgan fingerprint density at radius 3 is 2.74 bits per heavy atom. The van der Waals surface area contributed by atoms with Crippen molar-refractivity contribution in [1.29, 1.82) is 0 Å². The van der Waals surface area contributed by atoms with Crippen molar-refractivity contribution in [3.8, 4) is 0 Å². The third kappa shape index (κ3) is 2.76. The molecule has 9 nitrogen and oxygen atoms in total. The summed E-state index contributed by atoms with van der Waals surface area (Å²) in [6.07, 6.45) is 4.77. The molecule has 0 radical (unpaired) electrons. The number of nitrogens with one attached hydrogen (secondary N) is 2. The van der Waals surface area contributed by atoms with Crippen LogP contribution in [0.15, 0.2) is 18.7 Å². The minimum atomic E-state index is -0.516. The molecule has 0 amide bonds. The first-order valence-electron chi connectivity index (χ1n) is 5.50. The highest BCUT2D eigenvalue weighted by molar-refractivity contribution is 5.68. The second-order valence-corrected chi connectivity index (χ2v) is 3.80. The minimum Gasteiger partial charge on any atom is -0.367 e. The van der Waals surface area contributed by atoms with Crippen molar-refractivity contribution in [2.75, 3.05) is 17.7 Å². The molecule has 0 spiro atoms. The van der Waals surface area contributed by atoms with Crippen molar-refractivity contribution in [2.45, 2.75) is 6.54 Å². The monoisotopic (exact) mass is 263 g/mol. The van der Waals surface area contributed by atoms with Gasteiger partial charge in [-0.3, -0.25) is 14.8 Å². The van der Waals surface area contributed by atoms with E-state index in [9.17, 15) is 10.1 Å².